The number of hydrogen-bond acceptors (Lipinski definition) is 3. The molecule has 0 bridgehead atoms. The van der Waals surface area contributed by atoms with E-state index in [2.05, 4.69) is 5.32 Å². The summed E-state index contributed by atoms with van der Waals surface area (Å²) in [4.78, 5) is 0.444. The molecule has 4 heteroatoms. The van der Waals surface area contributed by atoms with Gasteiger partial charge in [0.1, 0.15) is 0 Å². The van der Waals surface area contributed by atoms with Crippen LogP contribution in [0.15, 0.2) is 29.2 Å². The highest BCUT2D eigenvalue weighted by atomic mass is 32.2. The van der Waals surface area contributed by atoms with Gasteiger partial charge in [0.05, 0.1) is 4.90 Å². The van der Waals surface area contributed by atoms with Gasteiger partial charge >= 0.3 is 0 Å². The van der Waals surface area contributed by atoms with E-state index in [1.807, 2.05) is 18.2 Å². The van der Waals surface area contributed by atoms with Crippen molar-refractivity contribution in [3.8, 4) is 0 Å². The lowest BCUT2D eigenvalue weighted by Gasteiger charge is -2.54. The second kappa shape index (κ2) is 4.07. The average molecular weight is 265 g/mol. The maximum absolute atomic E-state index is 11.5. The average Bonchev–Trinajstić information content (AvgIpc) is 2.19. The number of rotatable bonds is 3. The molecule has 0 atom stereocenters. The summed E-state index contributed by atoms with van der Waals surface area (Å²) in [5, 5.41) is 3.34. The topological polar surface area (TPSA) is 46.2 Å². The van der Waals surface area contributed by atoms with Crippen LogP contribution in [-0.2, 0) is 16.3 Å². The molecule has 2 fully saturated rings. The van der Waals surface area contributed by atoms with Crippen molar-refractivity contribution in [2.75, 3.05) is 19.3 Å². The lowest BCUT2D eigenvalue weighted by Crippen LogP contribution is -2.60. The Labute approximate surface area is 109 Å². The zero-order chi connectivity index (χ0) is 12.8. The molecular formula is C14H19NO2S. The van der Waals surface area contributed by atoms with Crippen LogP contribution in [0, 0.1) is 11.3 Å². The van der Waals surface area contributed by atoms with Crippen molar-refractivity contribution >= 4 is 9.84 Å². The molecule has 0 radical (unpaired) electrons. The SMILES string of the molecule is CS(=O)(=O)c1cccc(CC2CC3(CNC3)C2)c1. The largest absolute Gasteiger partial charge is 0.316 e. The number of nitrogens with one attached hydrogen (secondary N) is 1. The minimum atomic E-state index is -3.08. The van der Waals surface area contributed by atoms with Crippen LogP contribution in [-0.4, -0.2) is 27.8 Å². The monoisotopic (exact) mass is 265 g/mol. The van der Waals surface area contributed by atoms with Crippen LogP contribution >= 0.6 is 0 Å². The van der Waals surface area contributed by atoms with Crippen LogP contribution < -0.4 is 5.32 Å². The molecule has 3 nitrogen and oxygen atoms in total. The predicted octanol–water partition coefficient (Wildman–Crippen LogP) is 1.63. The fourth-order valence-corrected chi connectivity index (χ4v) is 4.00. The molecule has 1 aliphatic carbocycles. The van der Waals surface area contributed by atoms with E-state index in [1.165, 1.54) is 32.2 Å². The number of sulfone groups is 1. The molecule has 98 valence electrons. The summed E-state index contributed by atoms with van der Waals surface area (Å²) in [7, 11) is -3.08. The molecule has 1 saturated heterocycles. The third-order valence-electron chi connectivity index (χ3n) is 4.29. The summed E-state index contributed by atoms with van der Waals surface area (Å²) < 4.78 is 23.0. The lowest BCUT2D eigenvalue weighted by molar-refractivity contribution is 0.000873. The van der Waals surface area contributed by atoms with E-state index in [1.54, 1.807) is 6.07 Å². The van der Waals surface area contributed by atoms with Gasteiger partial charge in [-0.05, 0) is 48.3 Å². The number of benzene rings is 1. The summed E-state index contributed by atoms with van der Waals surface area (Å²) >= 11 is 0. The third kappa shape index (κ3) is 2.19. The molecule has 2 aliphatic rings. The highest BCUT2D eigenvalue weighted by Crippen LogP contribution is 2.49. The molecule has 0 unspecified atom stereocenters. The molecule has 1 N–H and O–H groups in total. The summed E-state index contributed by atoms with van der Waals surface area (Å²) in [5.74, 6) is 0.738. The van der Waals surface area contributed by atoms with Crippen molar-refractivity contribution in [1.82, 2.24) is 5.32 Å². The Bertz CT molecular complexity index is 553. The second-order valence-electron chi connectivity index (χ2n) is 6.00. The van der Waals surface area contributed by atoms with Crippen molar-refractivity contribution in [3.05, 3.63) is 29.8 Å². The van der Waals surface area contributed by atoms with Gasteiger partial charge in [0.25, 0.3) is 0 Å². The van der Waals surface area contributed by atoms with Crippen LogP contribution in [0.1, 0.15) is 18.4 Å². The van der Waals surface area contributed by atoms with E-state index in [0.29, 0.717) is 10.3 Å². The molecule has 1 heterocycles. The van der Waals surface area contributed by atoms with Gasteiger partial charge in [0.15, 0.2) is 9.84 Å². The Morgan fingerprint density at radius 1 is 1.33 bits per heavy atom. The van der Waals surface area contributed by atoms with Crippen LogP contribution in [0.3, 0.4) is 0 Å². The zero-order valence-corrected chi connectivity index (χ0v) is 11.5. The van der Waals surface area contributed by atoms with Gasteiger partial charge in [0.2, 0.25) is 0 Å². The summed E-state index contributed by atoms with van der Waals surface area (Å²) in [6.45, 7) is 2.35. The van der Waals surface area contributed by atoms with Crippen molar-refractivity contribution < 1.29 is 8.42 Å². The standard InChI is InChI=1S/C14H19NO2S/c1-18(16,17)13-4-2-3-11(6-13)5-12-7-14(8-12)9-15-10-14/h2-4,6,12,15H,5,7-10H2,1H3. The molecule has 0 aromatic heterocycles. The minimum Gasteiger partial charge on any atom is -0.316 e. The van der Waals surface area contributed by atoms with E-state index in [-0.39, 0.29) is 0 Å². The first-order valence-corrected chi connectivity index (χ1v) is 8.36. The van der Waals surface area contributed by atoms with Crippen molar-refractivity contribution in [2.24, 2.45) is 11.3 Å². The van der Waals surface area contributed by atoms with E-state index in [0.717, 1.165) is 17.9 Å². The second-order valence-corrected chi connectivity index (χ2v) is 8.02. The van der Waals surface area contributed by atoms with Crippen LogP contribution in [0.2, 0.25) is 0 Å². The maximum Gasteiger partial charge on any atom is 0.175 e. The molecule has 3 rings (SSSR count). The van der Waals surface area contributed by atoms with E-state index in [4.69, 9.17) is 0 Å². The Kier molecular flexibility index (Phi) is 2.75. The van der Waals surface area contributed by atoms with Gasteiger partial charge in [-0.25, -0.2) is 8.42 Å². The number of hydrogen-bond donors (Lipinski definition) is 1. The quantitative estimate of drug-likeness (QED) is 0.903. The Hall–Kier alpha value is -0.870. The molecule has 1 aliphatic heterocycles. The Morgan fingerprint density at radius 3 is 2.61 bits per heavy atom. The third-order valence-corrected chi connectivity index (χ3v) is 5.40. The molecule has 1 saturated carbocycles. The van der Waals surface area contributed by atoms with Gasteiger partial charge < -0.3 is 5.32 Å². The van der Waals surface area contributed by atoms with Crippen molar-refractivity contribution in [2.45, 2.75) is 24.2 Å². The van der Waals surface area contributed by atoms with E-state index < -0.39 is 9.84 Å². The Morgan fingerprint density at radius 2 is 2.06 bits per heavy atom. The van der Waals surface area contributed by atoms with Gasteiger partial charge in [-0.1, -0.05) is 12.1 Å². The van der Waals surface area contributed by atoms with Gasteiger partial charge in [0, 0.05) is 19.3 Å². The van der Waals surface area contributed by atoms with Crippen LogP contribution in [0.5, 0.6) is 0 Å². The van der Waals surface area contributed by atoms with Gasteiger partial charge in [-0.3, -0.25) is 0 Å². The highest BCUT2D eigenvalue weighted by molar-refractivity contribution is 7.90. The highest BCUT2D eigenvalue weighted by Gasteiger charge is 2.47. The summed E-state index contributed by atoms with van der Waals surface area (Å²) in [5.41, 5.74) is 1.75. The molecule has 0 amide bonds. The maximum atomic E-state index is 11.5. The lowest BCUT2D eigenvalue weighted by atomic mass is 9.57. The fourth-order valence-electron chi connectivity index (χ4n) is 3.31. The normalized spacial score (nSPS) is 22.5. The first-order chi connectivity index (χ1) is 8.47. The molecule has 1 spiro atoms. The Balaban J connectivity index is 1.67. The summed E-state index contributed by atoms with van der Waals surface area (Å²) in [6, 6.07) is 7.40. The van der Waals surface area contributed by atoms with Crippen molar-refractivity contribution in [1.29, 1.82) is 0 Å². The van der Waals surface area contributed by atoms with Crippen LogP contribution in [0.4, 0.5) is 0 Å². The van der Waals surface area contributed by atoms with Gasteiger partial charge in [-0.2, -0.15) is 0 Å². The molecule has 1 aromatic rings. The van der Waals surface area contributed by atoms with E-state index >= 15 is 0 Å². The minimum absolute atomic E-state index is 0.444. The molecule has 1 aromatic carbocycles. The smallest absolute Gasteiger partial charge is 0.175 e. The predicted molar refractivity (Wildman–Crippen MR) is 71.3 cm³/mol. The summed E-state index contributed by atoms with van der Waals surface area (Å²) in [6.07, 6.45) is 4.88. The first kappa shape index (κ1) is 12.2. The first-order valence-electron chi connectivity index (χ1n) is 6.47. The van der Waals surface area contributed by atoms with Crippen LogP contribution in [0.25, 0.3) is 0 Å². The van der Waals surface area contributed by atoms with E-state index in [9.17, 15) is 8.42 Å². The zero-order valence-electron chi connectivity index (χ0n) is 10.6. The van der Waals surface area contributed by atoms with Crippen molar-refractivity contribution in [3.63, 3.8) is 0 Å². The molecule has 18 heavy (non-hydrogen) atoms. The fraction of sp³-hybridized carbons (Fsp3) is 0.571. The van der Waals surface area contributed by atoms with Gasteiger partial charge in [-0.15, -0.1) is 0 Å². The molecular weight excluding hydrogens is 246 g/mol.